The van der Waals surface area contributed by atoms with Crippen LogP contribution < -0.4 is 9.64 Å². The normalized spacial score (nSPS) is 17.7. The van der Waals surface area contributed by atoms with Crippen LogP contribution in [0.15, 0.2) is 40.1 Å². The van der Waals surface area contributed by atoms with E-state index in [0.717, 1.165) is 37.4 Å². The summed E-state index contributed by atoms with van der Waals surface area (Å²) >= 11 is 0. The summed E-state index contributed by atoms with van der Waals surface area (Å²) in [5.74, 6) is -3.30. The molecule has 2 aromatic rings. The van der Waals surface area contributed by atoms with Crippen molar-refractivity contribution in [3.63, 3.8) is 0 Å². The fourth-order valence-electron chi connectivity index (χ4n) is 4.12. The maximum Gasteiger partial charge on any atom is 0.425 e. The van der Waals surface area contributed by atoms with Gasteiger partial charge in [-0.3, -0.25) is 4.79 Å². The first-order valence-corrected chi connectivity index (χ1v) is 15.3. The Balaban J connectivity index is 1.55. The molecule has 1 atom stereocenters. The van der Waals surface area contributed by atoms with Gasteiger partial charge in [-0.2, -0.15) is 13.2 Å². The predicted octanol–water partition coefficient (Wildman–Crippen LogP) is 3.60. The Bertz CT molecular complexity index is 1500. The summed E-state index contributed by atoms with van der Waals surface area (Å²) in [5.41, 5.74) is -0.592. The number of benzene rings is 2. The van der Waals surface area contributed by atoms with E-state index in [1.54, 1.807) is 0 Å². The first-order valence-electron chi connectivity index (χ1n) is 11.8. The second-order valence-electron chi connectivity index (χ2n) is 9.49. The summed E-state index contributed by atoms with van der Waals surface area (Å²) in [6.45, 7) is 0.570. The molecule has 8 nitrogen and oxygen atoms in total. The number of carbonyl (C=O) groups excluding carboxylic acids is 1. The number of anilines is 1. The van der Waals surface area contributed by atoms with Crippen molar-refractivity contribution in [3.05, 3.63) is 47.5 Å². The van der Waals surface area contributed by atoms with Crippen LogP contribution in [-0.2, 0) is 19.7 Å². The van der Waals surface area contributed by atoms with E-state index in [2.05, 4.69) is 0 Å². The zero-order chi connectivity index (χ0) is 28.9. The van der Waals surface area contributed by atoms with E-state index in [0.29, 0.717) is 18.9 Å². The van der Waals surface area contributed by atoms with Crippen LogP contribution in [0, 0.1) is 11.6 Å². The van der Waals surface area contributed by atoms with Gasteiger partial charge in [0.2, 0.25) is 0 Å². The Morgan fingerprint density at radius 2 is 1.59 bits per heavy atom. The number of hydrogen-bond acceptors (Lipinski definition) is 7. The molecule has 2 fully saturated rings. The van der Waals surface area contributed by atoms with E-state index in [-0.39, 0.29) is 36.8 Å². The molecule has 1 aliphatic carbocycles. The van der Waals surface area contributed by atoms with Gasteiger partial charge in [-0.1, -0.05) is 0 Å². The van der Waals surface area contributed by atoms with Crippen molar-refractivity contribution in [2.45, 2.75) is 47.1 Å². The first kappa shape index (κ1) is 29.1. The first-order chi connectivity index (χ1) is 18.0. The number of rotatable bonds is 7. The summed E-state index contributed by atoms with van der Waals surface area (Å²) in [6.07, 6.45) is -5.38. The van der Waals surface area contributed by atoms with Gasteiger partial charge < -0.3 is 14.5 Å². The van der Waals surface area contributed by atoms with Gasteiger partial charge in [0.1, 0.15) is 22.3 Å². The lowest BCUT2D eigenvalue weighted by molar-refractivity contribution is -0.189. The third-order valence-electron chi connectivity index (χ3n) is 6.55. The van der Waals surface area contributed by atoms with Gasteiger partial charge in [0.25, 0.3) is 5.91 Å². The van der Waals surface area contributed by atoms with Crippen molar-refractivity contribution in [2.24, 2.45) is 0 Å². The van der Waals surface area contributed by atoms with Gasteiger partial charge in [-0.25, -0.2) is 25.6 Å². The Morgan fingerprint density at radius 3 is 2.13 bits per heavy atom. The van der Waals surface area contributed by atoms with Crippen LogP contribution in [0.2, 0.25) is 0 Å². The third kappa shape index (κ3) is 6.13. The van der Waals surface area contributed by atoms with Crippen LogP contribution in [0.3, 0.4) is 0 Å². The van der Waals surface area contributed by atoms with Gasteiger partial charge in [0.15, 0.2) is 25.8 Å². The van der Waals surface area contributed by atoms with Crippen molar-refractivity contribution >= 4 is 31.3 Å². The van der Waals surface area contributed by atoms with Crippen molar-refractivity contribution in [3.8, 4) is 5.75 Å². The second kappa shape index (κ2) is 10.2. The molecule has 15 heteroatoms. The van der Waals surface area contributed by atoms with Gasteiger partial charge in [-0.05, 0) is 44.0 Å². The van der Waals surface area contributed by atoms with Crippen molar-refractivity contribution in [1.82, 2.24) is 4.90 Å². The Kier molecular flexibility index (Phi) is 7.62. The van der Waals surface area contributed by atoms with Crippen molar-refractivity contribution in [2.75, 3.05) is 37.3 Å². The van der Waals surface area contributed by atoms with E-state index in [1.807, 2.05) is 0 Å². The maximum atomic E-state index is 14.9. The number of alkyl halides is 3. The molecule has 2 aliphatic rings. The van der Waals surface area contributed by atoms with E-state index < -0.39 is 71.0 Å². The molecule has 1 saturated carbocycles. The van der Waals surface area contributed by atoms with E-state index in [1.165, 1.54) is 9.80 Å². The number of halogens is 5. The van der Waals surface area contributed by atoms with Crippen LogP contribution in [-0.4, -0.2) is 77.6 Å². The molecule has 1 aliphatic heterocycles. The Morgan fingerprint density at radius 1 is 0.974 bits per heavy atom. The minimum absolute atomic E-state index is 0.0161. The highest BCUT2D eigenvalue weighted by Crippen LogP contribution is 2.37. The monoisotopic (exact) mass is 596 g/mol. The molecule has 0 aromatic heterocycles. The highest BCUT2D eigenvalue weighted by atomic mass is 32.2. The minimum atomic E-state index is -4.74. The molecule has 214 valence electrons. The van der Waals surface area contributed by atoms with Crippen LogP contribution in [0.4, 0.5) is 27.6 Å². The number of hydrogen-bond donors (Lipinski definition) is 0. The fraction of sp³-hybridized carbons (Fsp3) is 0.458. The third-order valence-corrected chi connectivity index (χ3v) is 9.94. The lowest BCUT2D eigenvalue weighted by Gasteiger charge is -2.36. The quantitative estimate of drug-likeness (QED) is 0.451. The number of amides is 1. The molecule has 1 amide bonds. The summed E-state index contributed by atoms with van der Waals surface area (Å²) in [5, 5.41) is -0.721. The minimum Gasteiger partial charge on any atom is -0.480 e. The Hall–Kier alpha value is -2.94. The van der Waals surface area contributed by atoms with Gasteiger partial charge in [0.05, 0.1) is 21.4 Å². The molecule has 1 heterocycles. The SMILES string of the molecule is CC(Oc1ccc(S(C)(=O)=O)cc1C(=O)N1CCN(c2cc(F)c(S(=O)(=O)C3CC3)cc2F)CC1)C(F)(F)F. The topological polar surface area (TPSA) is 101 Å². The van der Waals surface area contributed by atoms with Crippen LogP contribution in [0.1, 0.15) is 30.1 Å². The molecule has 4 rings (SSSR count). The number of nitrogens with zero attached hydrogens (tertiary/aromatic N) is 2. The number of sulfone groups is 2. The molecule has 0 bridgehead atoms. The van der Waals surface area contributed by atoms with E-state index in [4.69, 9.17) is 4.74 Å². The molecular weight excluding hydrogens is 571 g/mol. The maximum absolute atomic E-state index is 14.9. The number of piperazine rings is 1. The van der Waals surface area contributed by atoms with Crippen molar-refractivity contribution < 1.29 is 48.3 Å². The standard InChI is InChI=1S/C24H25F5N2O6S2/c1-14(24(27,28)29)37-21-6-5-16(38(2,33)34)11-17(21)23(32)31-9-7-30(8-10-31)20-12-19(26)22(13-18(20)25)39(35,36)15-3-4-15/h5-6,11-15H,3-4,7-10H2,1-2H3. The summed E-state index contributed by atoms with van der Waals surface area (Å²) in [7, 11) is -7.77. The summed E-state index contributed by atoms with van der Waals surface area (Å²) in [4.78, 5) is 14.9. The molecule has 39 heavy (non-hydrogen) atoms. The highest BCUT2D eigenvalue weighted by molar-refractivity contribution is 7.92. The lowest BCUT2D eigenvalue weighted by Crippen LogP contribution is -2.49. The van der Waals surface area contributed by atoms with Gasteiger partial charge in [0, 0.05) is 38.5 Å². The molecule has 0 spiro atoms. The molecule has 0 radical (unpaired) electrons. The van der Waals surface area contributed by atoms with Crippen molar-refractivity contribution in [1.29, 1.82) is 0 Å². The smallest absolute Gasteiger partial charge is 0.425 e. The van der Waals surface area contributed by atoms with Crippen LogP contribution in [0.25, 0.3) is 0 Å². The van der Waals surface area contributed by atoms with E-state index in [9.17, 15) is 43.6 Å². The molecule has 2 aromatic carbocycles. The zero-order valence-corrected chi connectivity index (χ0v) is 22.5. The fourth-order valence-corrected chi connectivity index (χ4v) is 6.49. The van der Waals surface area contributed by atoms with Crippen LogP contribution in [0.5, 0.6) is 5.75 Å². The predicted molar refractivity (Wildman–Crippen MR) is 130 cm³/mol. The number of carbonyl (C=O) groups is 1. The molecule has 1 saturated heterocycles. The summed E-state index contributed by atoms with van der Waals surface area (Å²) < 4.78 is 122. The van der Waals surface area contributed by atoms with Gasteiger partial charge >= 0.3 is 6.18 Å². The highest BCUT2D eigenvalue weighted by Gasteiger charge is 2.40. The average molecular weight is 597 g/mol. The molecular formula is C24H25F5N2O6S2. The zero-order valence-electron chi connectivity index (χ0n) is 20.8. The van der Waals surface area contributed by atoms with Gasteiger partial charge in [-0.15, -0.1) is 0 Å². The van der Waals surface area contributed by atoms with E-state index >= 15 is 0 Å². The second-order valence-corrected chi connectivity index (χ2v) is 13.7. The largest absolute Gasteiger partial charge is 0.480 e. The molecule has 1 unspecified atom stereocenters. The lowest BCUT2D eigenvalue weighted by atomic mass is 10.1. The van der Waals surface area contributed by atoms with Crippen LogP contribution >= 0.6 is 0 Å². The number of ether oxygens (including phenoxy) is 1. The Labute approximate surface area is 222 Å². The molecule has 0 N–H and O–H groups in total. The summed E-state index contributed by atoms with van der Waals surface area (Å²) in [6, 6.07) is 4.40. The average Bonchev–Trinajstić information content (AvgIpc) is 3.70.